The first-order valence-corrected chi connectivity index (χ1v) is 8.66. The molecule has 0 unspecified atom stereocenters. The SMILES string of the molecule is CC(C)(C)OC(=O)N1CCN(CCN=C(N)Nc2ccccc2)CC1. The van der Waals surface area contributed by atoms with Crippen LogP contribution in [0.15, 0.2) is 35.3 Å². The highest BCUT2D eigenvalue weighted by molar-refractivity contribution is 5.92. The van der Waals surface area contributed by atoms with Gasteiger partial charge in [0.05, 0.1) is 6.54 Å². The Bertz CT molecular complexity index is 575. The Morgan fingerprint density at radius 2 is 1.84 bits per heavy atom. The van der Waals surface area contributed by atoms with E-state index in [4.69, 9.17) is 10.5 Å². The lowest BCUT2D eigenvalue weighted by atomic mass is 10.2. The number of benzene rings is 1. The third-order valence-electron chi connectivity index (χ3n) is 3.77. The van der Waals surface area contributed by atoms with Crippen molar-refractivity contribution in [3.05, 3.63) is 30.3 Å². The topological polar surface area (TPSA) is 83.2 Å². The van der Waals surface area contributed by atoms with Gasteiger partial charge in [-0.2, -0.15) is 0 Å². The zero-order valence-electron chi connectivity index (χ0n) is 15.4. The highest BCUT2D eigenvalue weighted by Crippen LogP contribution is 2.11. The number of nitrogens with one attached hydrogen (secondary N) is 1. The molecule has 0 atom stereocenters. The molecule has 1 saturated heterocycles. The van der Waals surface area contributed by atoms with Crippen LogP contribution in [-0.4, -0.2) is 66.7 Å². The summed E-state index contributed by atoms with van der Waals surface area (Å²) in [6.45, 7) is 10.1. The molecule has 25 heavy (non-hydrogen) atoms. The molecule has 1 amide bonds. The van der Waals surface area contributed by atoms with Crippen LogP contribution < -0.4 is 11.1 Å². The van der Waals surface area contributed by atoms with E-state index in [0.717, 1.165) is 25.3 Å². The number of hydrogen-bond donors (Lipinski definition) is 2. The molecule has 1 fully saturated rings. The molecule has 0 aromatic heterocycles. The van der Waals surface area contributed by atoms with Crippen molar-refractivity contribution in [2.24, 2.45) is 10.7 Å². The second-order valence-corrected chi connectivity index (χ2v) is 7.07. The smallest absolute Gasteiger partial charge is 0.410 e. The summed E-state index contributed by atoms with van der Waals surface area (Å²) in [5.41, 5.74) is 6.37. The second kappa shape index (κ2) is 8.71. The molecule has 0 spiro atoms. The fourth-order valence-corrected chi connectivity index (χ4v) is 2.50. The van der Waals surface area contributed by atoms with Crippen LogP contribution >= 0.6 is 0 Å². The molecule has 1 aromatic rings. The normalized spacial score (nSPS) is 16.6. The van der Waals surface area contributed by atoms with Crippen LogP contribution in [0.1, 0.15) is 20.8 Å². The molecule has 1 aromatic carbocycles. The fourth-order valence-electron chi connectivity index (χ4n) is 2.50. The Morgan fingerprint density at radius 3 is 2.44 bits per heavy atom. The van der Waals surface area contributed by atoms with E-state index in [1.807, 2.05) is 51.1 Å². The lowest BCUT2D eigenvalue weighted by Crippen LogP contribution is -2.50. The van der Waals surface area contributed by atoms with E-state index in [2.05, 4.69) is 15.2 Å². The van der Waals surface area contributed by atoms with Crippen LogP contribution in [0.2, 0.25) is 0 Å². The highest BCUT2D eigenvalue weighted by Gasteiger charge is 2.25. The van der Waals surface area contributed by atoms with Gasteiger partial charge >= 0.3 is 6.09 Å². The summed E-state index contributed by atoms with van der Waals surface area (Å²) < 4.78 is 5.40. The average Bonchev–Trinajstić information content (AvgIpc) is 2.55. The van der Waals surface area contributed by atoms with Gasteiger partial charge in [-0.05, 0) is 32.9 Å². The summed E-state index contributed by atoms with van der Waals surface area (Å²) in [6, 6.07) is 9.73. The van der Waals surface area contributed by atoms with Crippen molar-refractivity contribution in [2.45, 2.75) is 26.4 Å². The summed E-state index contributed by atoms with van der Waals surface area (Å²) in [7, 11) is 0. The Labute approximate surface area is 149 Å². The number of rotatable bonds is 4. The lowest BCUT2D eigenvalue weighted by Gasteiger charge is -2.35. The molecule has 1 heterocycles. The highest BCUT2D eigenvalue weighted by atomic mass is 16.6. The number of aliphatic imine (C=N–C) groups is 1. The number of nitrogens with zero attached hydrogens (tertiary/aromatic N) is 3. The maximum absolute atomic E-state index is 12.0. The summed E-state index contributed by atoms with van der Waals surface area (Å²) in [5.74, 6) is 0.415. The number of carbonyl (C=O) groups excluding carboxylic acids is 1. The van der Waals surface area contributed by atoms with E-state index in [1.165, 1.54) is 0 Å². The van der Waals surface area contributed by atoms with E-state index in [0.29, 0.717) is 25.6 Å². The summed E-state index contributed by atoms with van der Waals surface area (Å²) in [5, 5.41) is 3.06. The minimum absolute atomic E-state index is 0.235. The van der Waals surface area contributed by atoms with Crippen molar-refractivity contribution in [3.8, 4) is 0 Å². The molecule has 0 bridgehead atoms. The predicted molar refractivity (Wildman–Crippen MR) is 101 cm³/mol. The third-order valence-corrected chi connectivity index (χ3v) is 3.77. The Morgan fingerprint density at radius 1 is 1.20 bits per heavy atom. The number of para-hydroxylation sites is 1. The zero-order valence-corrected chi connectivity index (χ0v) is 15.4. The maximum Gasteiger partial charge on any atom is 0.410 e. The minimum atomic E-state index is -0.452. The Hall–Kier alpha value is -2.28. The molecule has 3 N–H and O–H groups in total. The van der Waals surface area contributed by atoms with Gasteiger partial charge in [0.2, 0.25) is 0 Å². The predicted octanol–water partition coefficient (Wildman–Crippen LogP) is 1.97. The van der Waals surface area contributed by atoms with Crippen LogP contribution in [0.3, 0.4) is 0 Å². The van der Waals surface area contributed by atoms with Crippen LogP contribution in [0.4, 0.5) is 10.5 Å². The van der Waals surface area contributed by atoms with Crippen molar-refractivity contribution in [2.75, 3.05) is 44.6 Å². The molecule has 7 heteroatoms. The van der Waals surface area contributed by atoms with Crippen LogP contribution in [-0.2, 0) is 4.74 Å². The first-order valence-electron chi connectivity index (χ1n) is 8.66. The molecule has 0 radical (unpaired) electrons. The molecule has 2 rings (SSSR count). The van der Waals surface area contributed by atoms with Gasteiger partial charge in [-0.15, -0.1) is 0 Å². The fraction of sp³-hybridized carbons (Fsp3) is 0.556. The largest absolute Gasteiger partial charge is 0.444 e. The van der Waals surface area contributed by atoms with E-state index in [9.17, 15) is 4.79 Å². The average molecular weight is 347 g/mol. The lowest BCUT2D eigenvalue weighted by molar-refractivity contribution is 0.0148. The van der Waals surface area contributed by atoms with Gasteiger partial charge < -0.3 is 20.7 Å². The van der Waals surface area contributed by atoms with E-state index in [1.54, 1.807) is 4.90 Å². The molecule has 1 aliphatic heterocycles. The van der Waals surface area contributed by atoms with E-state index >= 15 is 0 Å². The first-order chi connectivity index (χ1) is 11.8. The summed E-state index contributed by atoms with van der Waals surface area (Å²) in [4.78, 5) is 20.4. The molecule has 0 aliphatic carbocycles. The third kappa shape index (κ3) is 7.01. The summed E-state index contributed by atoms with van der Waals surface area (Å²) >= 11 is 0. The van der Waals surface area contributed by atoms with Gasteiger partial charge in [-0.1, -0.05) is 18.2 Å². The van der Waals surface area contributed by atoms with Crippen LogP contribution in [0, 0.1) is 0 Å². The zero-order chi connectivity index (χ0) is 18.3. The number of hydrogen-bond acceptors (Lipinski definition) is 4. The summed E-state index contributed by atoms with van der Waals surface area (Å²) in [6.07, 6.45) is -0.235. The van der Waals surface area contributed by atoms with Crippen molar-refractivity contribution in [3.63, 3.8) is 0 Å². The van der Waals surface area contributed by atoms with Crippen molar-refractivity contribution < 1.29 is 9.53 Å². The number of piperazine rings is 1. The molecule has 7 nitrogen and oxygen atoms in total. The van der Waals surface area contributed by atoms with Crippen molar-refractivity contribution >= 4 is 17.7 Å². The monoisotopic (exact) mass is 347 g/mol. The molecular weight excluding hydrogens is 318 g/mol. The van der Waals surface area contributed by atoms with Gasteiger partial charge in [0.15, 0.2) is 5.96 Å². The molecular formula is C18H29N5O2. The van der Waals surface area contributed by atoms with E-state index < -0.39 is 5.60 Å². The maximum atomic E-state index is 12.0. The number of guanidine groups is 1. The number of nitrogens with two attached hydrogens (primary N) is 1. The van der Waals surface area contributed by atoms with Crippen molar-refractivity contribution in [1.29, 1.82) is 0 Å². The van der Waals surface area contributed by atoms with Gasteiger partial charge in [-0.3, -0.25) is 9.89 Å². The van der Waals surface area contributed by atoms with Gasteiger partial charge in [0, 0.05) is 38.4 Å². The number of carbonyl (C=O) groups is 1. The first kappa shape index (κ1) is 19.1. The molecule has 0 saturated carbocycles. The quantitative estimate of drug-likeness (QED) is 0.643. The second-order valence-electron chi connectivity index (χ2n) is 7.07. The Balaban J connectivity index is 1.68. The standard InChI is InChI=1S/C18H29N5O2/c1-18(2,3)25-17(24)23-13-11-22(12-14-23)10-9-20-16(19)21-15-7-5-4-6-8-15/h4-8H,9-14H2,1-3H3,(H3,19,20,21). The number of amides is 1. The van der Waals surface area contributed by atoms with Gasteiger partial charge in [0.25, 0.3) is 0 Å². The van der Waals surface area contributed by atoms with Crippen LogP contribution in [0.5, 0.6) is 0 Å². The Kier molecular flexibility index (Phi) is 6.64. The van der Waals surface area contributed by atoms with Gasteiger partial charge in [-0.25, -0.2) is 4.79 Å². The molecule has 138 valence electrons. The van der Waals surface area contributed by atoms with Crippen molar-refractivity contribution in [1.82, 2.24) is 9.80 Å². The minimum Gasteiger partial charge on any atom is -0.444 e. The number of ether oxygens (including phenoxy) is 1. The van der Waals surface area contributed by atoms with Crippen LogP contribution in [0.25, 0.3) is 0 Å². The number of anilines is 1. The van der Waals surface area contributed by atoms with Gasteiger partial charge in [0.1, 0.15) is 5.60 Å². The molecule has 1 aliphatic rings. The van der Waals surface area contributed by atoms with E-state index in [-0.39, 0.29) is 6.09 Å².